The first kappa shape index (κ1) is 14.3. The van der Waals surface area contributed by atoms with Crippen LogP contribution in [0.5, 0.6) is 0 Å². The minimum atomic E-state index is 0.115. The van der Waals surface area contributed by atoms with E-state index in [9.17, 15) is 4.79 Å². The van der Waals surface area contributed by atoms with Gasteiger partial charge in [0.25, 0.3) is 0 Å². The maximum atomic E-state index is 11.6. The van der Waals surface area contributed by atoms with Gasteiger partial charge in [0.2, 0.25) is 5.91 Å². The van der Waals surface area contributed by atoms with E-state index in [2.05, 4.69) is 20.8 Å². The van der Waals surface area contributed by atoms with Crippen LogP contribution in [0.25, 0.3) is 0 Å². The van der Waals surface area contributed by atoms with Crippen LogP contribution in [0.2, 0.25) is 0 Å². The second-order valence-corrected chi connectivity index (χ2v) is 5.59. The molecular formula is C14H19BrN2O2. The number of nitrogens with zero attached hydrogens (tertiary/aromatic N) is 2. The van der Waals surface area contributed by atoms with Crippen LogP contribution >= 0.6 is 15.9 Å². The molecule has 1 aromatic rings. The number of carbonyl (C=O) groups excluding carboxylic acids is 1. The number of anilines is 1. The molecule has 1 saturated heterocycles. The van der Waals surface area contributed by atoms with Crippen molar-refractivity contribution in [1.29, 1.82) is 0 Å². The van der Waals surface area contributed by atoms with Crippen LogP contribution in [0.4, 0.5) is 5.69 Å². The summed E-state index contributed by atoms with van der Waals surface area (Å²) in [4.78, 5) is 15.6. The van der Waals surface area contributed by atoms with Crippen LogP contribution in [0.3, 0.4) is 0 Å². The molecule has 0 aliphatic carbocycles. The maximum absolute atomic E-state index is 11.6. The Kier molecular flexibility index (Phi) is 5.22. The predicted octanol–water partition coefficient (Wildman–Crippen LogP) is 1.87. The van der Waals surface area contributed by atoms with E-state index in [1.807, 2.05) is 29.2 Å². The molecule has 1 amide bonds. The van der Waals surface area contributed by atoms with Crippen LogP contribution in [0.15, 0.2) is 28.7 Å². The zero-order valence-corrected chi connectivity index (χ0v) is 12.5. The zero-order valence-electron chi connectivity index (χ0n) is 10.9. The van der Waals surface area contributed by atoms with E-state index in [0.717, 1.165) is 36.2 Å². The summed E-state index contributed by atoms with van der Waals surface area (Å²) in [6.07, 6.45) is 1.65. The quantitative estimate of drug-likeness (QED) is 0.868. The molecule has 1 heterocycles. The number of benzene rings is 1. The van der Waals surface area contributed by atoms with Crippen LogP contribution < -0.4 is 4.90 Å². The topological polar surface area (TPSA) is 43.8 Å². The van der Waals surface area contributed by atoms with Crippen molar-refractivity contribution < 1.29 is 9.90 Å². The van der Waals surface area contributed by atoms with E-state index in [1.54, 1.807) is 0 Å². The Morgan fingerprint density at radius 1 is 1.26 bits per heavy atom. The van der Waals surface area contributed by atoms with E-state index >= 15 is 0 Å². The lowest BCUT2D eigenvalue weighted by Crippen LogP contribution is -2.37. The molecular weight excluding hydrogens is 308 g/mol. The Hall–Kier alpha value is -1.07. The molecule has 19 heavy (non-hydrogen) atoms. The van der Waals surface area contributed by atoms with Crippen LogP contribution in [0, 0.1) is 0 Å². The molecule has 2 rings (SSSR count). The van der Waals surface area contributed by atoms with Crippen molar-refractivity contribution >= 4 is 27.5 Å². The maximum Gasteiger partial charge on any atom is 0.222 e. The summed E-state index contributed by atoms with van der Waals surface area (Å²) in [7, 11) is 0. The highest BCUT2D eigenvalue weighted by atomic mass is 79.9. The van der Waals surface area contributed by atoms with Crippen molar-refractivity contribution in [3.05, 3.63) is 28.7 Å². The molecule has 1 N–H and O–H groups in total. The molecule has 0 saturated carbocycles. The fourth-order valence-electron chi connectivity index (χ4n) is 2.32. The van der Waals surface area contributed by atoms with Gasteiger partial charge in [-0.05, 0) is 30.7 Å². The monoisotopic (exact) mass is 326 g/mol. The number of rotatable bonds is 6. The second-order valence-electron chi connectivity index (χ2n) is 4.67. The average molecular weight is 327 g/mol. The number of halogens is 1. The highest BCUT2D eigenvalue weighted by molar-refractivity contribution is 9.10. The standard InChI is InChI=1S/C14H19BrN2O2/c15-12-3-5-13(6-4-12)16(10-11-18)8-9-17-7-1-2-14(17)19/h3-6,18H,1-2,7-11H2. The van der Waals surface area contributed by atoms with Gasteiger partial charge in [0.1, 0.15) is 0 Å². The van der Waals surface area contributed by atoms with Gasteiger partial charge in [-0.15, -0.1) is 0 Å². The molecule has 0 aromatic heterocycles. The molecule has 0 atom stereocenters. The Morgan fingerprint density at radius 3 is 2.58 bits per heavy atom. The van der Waals surface area contributed by atoms with Gasteiger partial charge in [-0.2, -0.15) is 0 Å². The van der Waals surface area contributed by atoms with Crippen molar-refractivity contribution in [2.75, 3.05) is 37.7 Å². The number of aliphatic hydroxyl groups is 1. The first-order valence-electron chi connectivity index (χ1n) is 6.60. The van der Waals surface area contributed by atoms with Crippen LogP contribution in [-0.4, -0.2) is 48.7 Å². The van der Waals surface area contributed by atoms with E-state index in [1.165, 1.54) is 0 Å². The van der Waals surface area contributed by atoms with Crippen molar-refractivity contribution in [3.63, 3.8) is 0 Å². The fraction of sp³-hybridized carbons (Fsp3) is 0.500. The zero-order chi connectivity index (χ0) is 13.7. The first-order chi connectivity index (χ1) is 9.20. The summed E-state index contributed by atoms with van der Waals surface area (Å²) in [6.45, 7) is 3.06. The van der Waals surface area contributed by atoms with Gasteiger partial charge in [-0.25, -0.2) is 0 Å². The molecule has 1 aromatic carbocycles. The number of hydrogen-bond donors (Lipinski definition) is 1. The van der Waals surface area contributed by atoms with Gasteiger partial charge in [0, 0.05) is 42.8 Å². The fourth-order valence-corrected chi connectivity index (χ4v) is 2.59. The molecule has 0 bridgehead atoms. The Labute approximate surface area is 122 Å². The Morgan fingerprint density at radius 2 is 2.00 bits per heavy atom. The van der Waals surface area contributed by atoms with E-state index in [-0.39, 0.29) is 12.5 Å². The van der Waals surface area contributed by atoms with Crippen molar-refractivity contribution in [2.24, 2.45) is 0 Å². The minimum absolute atomic E-state index is 0.115. The van der Waals surface area contributed by atoms with E-state index < -0.39 is 0 Å². The Bertz CT molecular complexity index is 422. The largest absolute Gasteiger partial charge is 0.395 e. The SMILES string of the molecule is O=C1CCCN1CCN(CCO)c1ccc(Br)cc1. The second kappa shape index (κ2) is 6.91. The molecule has 0 radical (unpaired) electrons. The number of amides is 1. The third-order valence-electron chi connectivity index (χ3n) is 3.37. The molecule has 0 spiro atoms. The predicted molar refractivity (Wildman–Crippen MR) is 79.3 cm³/mol. The lowest BCUT2D eigenvalue weighted by Gasteiger charge is -2.26. The van der Waals surface area contributed by atoms with E-state index in [4.69, 9.17) is 5.11 Å². The summed E-state index contributed by atoms with van der Waals surface area (Å²) in [5, 5.41) is 9.17. The van der Waals surface area contributed by atoms with Crippen LogP contribution in [0.1, 0.15) is 12.8 Å². The summed E-state index contributed by atoms with van der Waals surface area (Å²) < 4.78 is 1.04. The average Bonchev–Trinajstić information content (AvgIpc) is 2.81. The third-order valence-corrected chi connectivity index (χ3v) is 3.90. The van der Waals surface area contributed by atoms with Gasteiger partial charge in [-0.1, -0.05) is 15.9 Å². The highest BCUT2D eigenvalue weighted by Gasteiger charge is 2.20. The van der Waals surface area contributed by atoms with Gasteiger partial charge in [0.15, 0.2) is 0 Å². The summed E-state index contributed by atoms with van der Waals surface area (Å²) >= 11 is 3.41. The Balaban J connectivity index is 1.95. The normalized spacial score (nSPS) is 15.1. The summed E-state index contributed by atoms with van der Waals surface area (Å²) in [5.41, 5.74) is 1.07. The molecule has 104 valence electrons. The van der Waals surface area contributed by atoms with Crippen molar-refractivity contribution in [1.82, 2.24) is 4.90 Å². The molecule has 1 fully saturated rings. The number of likely N-dealkylation sites (tertiary alicyclic amines) is 1. The number of aliphatic hydroxyl groups excluding tert-OH is 1. The van der Waals surface area contributed by atoms with Gasteiger partial charge >= 0.3 is 0 Å². The molecule has 0 unspecified atom stereocenters. The molecule has 1 aliphatic rings. The van der Waals surface area contributed by atoms with Crippen molar-refractivity contribution in [2.45, 2.75) is 12.8 Å². The lowest BCUT2D eigenvalue weighted by atomic mass is 10.3. The highest BCUT2D eigenvalue weighted by Crippen LogP contribution is 2.18. The smallest absolute Gasteiger partial charge is 0.222 e. The lowest BCUT2D eigenvalue weighted by molar-refractivity contribution is -0.127. The molecule has 4 nitrogen and oxygen atoms in total. The molecule has 5 heteroatoms. The van der Waals surface area contributed by atoms with Gasteiger partial charge in [0.05, 0.1) is 6.61 Å². The third kappa shape index (κ3) is 3.94. The number of carbonyl (C=O) groups is 1. The number of hydrogen-bond acceptors (Lipinski definition) is 3. The summed E-state index contributed by atoms with van der Waals surface area (Å²) in [6, 6.07) is 8.01. The van der Waals surface area contributed by atoms with Gasteiger partial charge in [-0.3, -0.25) is 4.79 Å². The summed E-state index contributed by atoms with van der Waals surface area (Å²) in [5.74, 6) is 0.250. The van der Waals surface area contributed by atoms with Gasteiger partial charge < -0.3 is 14.9 Å². The van der Waals surface area contributed by atoms with Crippen molar-refractivity contribution in [3.8, 4) is 0 Å². The van der Waals surface area contributed by atoms with E-state index in [0.29, 0.717) is 13.0 Å². The van der Waals surface area contributed by atoms with Crippen LogP contribution in [-0.2, 0) is 4.79 Å². The molecule has 1 aliphatic heterocycles. The minimum Gasteiger partial charge on any atom is -0.395 e. The first-order valence-corrected chi connectivity index (χ1v) is 7.39.